The lowest BCUT2D eigenvalue weighted by Crippen LogP contribution is -1.97. The first-order valence-corrected chi connectivity index (χ1v) is 8.64. The zero-order chi connectivity index (χ0) is 17.8. The van der Waals surface area contributed by atoms with Crippen molar-refractivity contribution >= 4 is 35.4 Å². The molecule has 0 saturated heterocycles. The number of nitrogens with one attached hydrogen (secondary N) is 1. The lowest BCUT2D eigenvalue weighted by atomic mass is 10.2. The van der Waals surface area contributed by atoms with Crippen LogP contribution in [0.2, 0.25) is 5.02 Å². The molecule has 3 aromatic rings. The zero-order valence-corrected chi connectivity index (χ0v) is 14.8. The molecule has 128 valence electrons. The Hall–Kier alpha value is -2.51. The molecule has 0 aliphatic carbocycles. The predicted molar refractivity (Wildman–Crippen MR) is 96.4 cm³/mol. The van der Waals surface area contributed by atoms with E-state index < -0.39 is 5.97 Å². The number of halogens is 1. The average molecular weight is 376 g/mol. The second-order valence-corrected chi connectivity index (χ2v) is 6.49. The van der Waals surface area contributed by atoms with Crippen LogP contribution in [0.15, 0.2) is 50.9 Å². The van der Waals surface area contributed by atoms with E-state index in [1.165, 1.54) is 6.08 Å². The summed E-state index contributed by atoms with van der Waals surface area (Å²) in [6.45, 7) is 1.93. The van der Waals surface area contributed by atoms with Gasteiger partial charge in [0.25, 0.3) is 0 Å². The quantitative estimate of drug-likeness (QED) is 0.487. The van der Waals surface area contributed by atoms with Crippen LogP contribution in [0.25, 0.3) is 17.4 Å². The lowest BCUT2D eigenvalue weighted by Gasteiger charge is -1.98. The summed E-state index contributed by atoms with van der Waals surface area (Å²) in [5, 5.41) is 17.1. The van der Waals surface area contributed by atoms with Gasteiger partial charge in [0.05, 0.1) is 0 Å². The van der Waals surface area contributed by atoms with Crippen molar-refractivity contribution in [3.63, 3.8) is 0 Å². The Labute approximate surface area is 152 Å². The van der Waals surface area contributed by atoms with E-state index in [1.54, 1.807) is 24.3 Å². The van der Waals surface area contributed by atoms with Crippen molar-refractivity contribution in [1.29, 1.82) is 0 Å². The number of carbonyl (C=O) groups is 1. The Morgan fingerprint density at radius 3 is 2.92 bits per heavy atom. The number of rotatable bonds is 6. The second kappa shape index (κ2) is 7.58. The van der Waals surface area contributed by atoms with Crippen LogP contribution in [0.5, 0.6) is 0 Å². The normalized spacial score (nSPS) is 11.7. The zero-order valence-electron chi connectivity index (χ0n) is 13.2. The molecule has 2 heterocycles. The van der Waals surface area contributed by atoms with Crippen LogP contribution in [0, 0.1) is 0 Å². The summed E-state index contributed by atoms with van der Waals surface area (Å²) in [7, 11) is 0. The number of aliphatic carboxylic acids is 1. The maximum atomic E-state index is 11.5. The Balaban J connectivity index is 1.84. The van der Waals surface area contributed by atoms with Crippen LogP contribution in [0.1, 0.15) is 18.5 Å². The van der Waals surface area contributed by atoms with E-state index >= 15 is 0 Å². The maximum absolute atomic E-state index is 11.5. The Bertz CT molecular complexity index is 933. The van der Waals surface area contributed by atoms with Crippen molar-refractivity contribution in [3.05, 3.63) is 57.9 Å². The summed E-state index contributed by atoms with van der Waals surface area (Å²) in [5.41, 5.74) is 0.818. The molecule has 0 amide bonds. The van der Waals surface area contributed by atoms with Gasteiger partial charge in [0.1, 0.15) is 22.3 Å². The standard InChI is InChI=1S/C17H14ClN3O3S/c1-2-15-19-17(21-20-15)25-14(16(22)23)9-12-6-7-13(24-12)10-4-3-5-11(18)8-10/h3-9H,2H2,1H3,(H,22,23)(H,19,20,21)/b14-9+. The maximum Gasteiger partial charge on any atom is 0.342 e. The van der Waals surface area contributed by atoms with Gasteiger partial charge in [-0.1, -0.05) is 30.7 Å². The SMILES string of the molecule is CCc1nc(S/C(=C/c2ccc(-c3cccc(Cl)c3)o2)C(=O)O)n[nH]1. The number of carboxylic acids is 1. The molecule has 0 bridgehead atoms. The molecule has 0 atom stereocenters. The second-order valence-electron chi connectivity index (χ2n) is 5.05. The van der Waals surface area contributed by atoms with Crippen LogP contribution in [-0.2, 0) is 11.2 Å². The molecule has 6 nitrogen and oxygen atoms in total. The average Bonchev–Trinajstić information content (AvgIpc) is 3.23. The summed E-state index contributed by atoms with van der Waals surface area (Å²) in [6.07, 6.45) is 2.14. The highest BCUT2D eigenvalue weighted by Crippen LogP contribution is 2.29. The van der Waals surface area contributed by atoms with Crippen molar-refractivity contribution in [2.24, 2.45) is 0 Å². The molecule has 0 unspecified atom stereocenters. The summed E-state index contributed by atoms with van der Waals surface area (Å²) < 4.78 is 5.71. The number of nitrogens with zero attached hydrogens (tertiary/aromatic N) is 2. The molecule has 1 aromatic carbocycles. The first kappa shape index (κ1) is 17.3. The topological polar surface area (TPSA) is 92.0 Å². The molecule has 25 heavy (non-hydrogen) atoms. The number of aryl methyl sites for hydroxylation is 1. The van der Waals surface area contributed by atoms with Gasteiger partial charge in [0.15, 0.2) is 0 Å². The molecule has 0 aliphatic heterocycles. The predicted octanol–water partition coefficient (Wildman–Crippen LogP) is 4.50. The Morgan fingerprint density at radius 2 is 2.24 bits per heavy atom. The molecular formula is C17H14ClN3O3S. The molecule has 2 aromatic heterocycles. The van der Waals surface area contributed by atoms with Crippen molar-refractivity contribution in [2.75, 3.05) is 0 Å². The van der Waals surface area contributed by atoms with Gasteiger partial charge in [-0.05, 0) is 36.0 Å². The van der Waals surface area contributed by atoms with E-state index in [1.807, 2.05) is 19.1 Å². The van der Waals surface area contributed by atoms with Crippen molar-refractivity contribution < 1.29 is 14.3 Å². The van der Waals surface area contributed by atoms with Gasteiger partial charge < -0.3 is 9.52 Å². The van der Waals surface area contributed by atoms with Crippen LogP contribution in [0.3, 0.4) is 0 Å². The number of aromatic nitrogens is 3. The van der Waals surface area contributed by atoms with Crippen molar-refractivity contribution in [2.45, 2.75) is 18.5 Å². The van der Waals surface area contributed by atoms with Gasteiger partial charge in [-0.25, -0.2) is 9.78 Å². The number of hydrogen-bond acceptors (Lipinski definition) is 5. The molecule has 2 N–H and O–H groups in total. The van der Waals surface area contributed by atoms with Crippen molar-refractivity contribution in [1.82, 2.24) is 15.2 Å². The molecule has 0 saturated carbocycles. The summed E-state index contributed by atoms with van der Waals surface area (Å²) in [5.74, 6) is 0.655. The number of benzene rings is 1. The third kappa shape index (κ3) is 4.32. The van der Waals surface area contributed by atoms with Crippen LogP contribution < -0.4 is 0 Å². The number of thioether (sulfide) groups is 1. The van der Waals surface area contributed by atoms with E-state index in [0.29, 0.717) is 33.9 Å². The fraction of sp³-hybridized carbons (Fsp3) is 0.118. The highest BCUT2D eigenvalue weighted by Gasteiger charge is 2.15. The molecule has 0 radical (unpaired) electrons. The number of hydrogen-bond donors (Lipinski definition) is 2. The van der Waals surface area contributed by atoms with E-state index in [2.05, 4.69) is 15.2 Å². The van der Waals surface area contributed by atoms with Crippen LogP contribution in [-0.4, -0.2) is 26.3 Å². The summed E-state index contributed by atoms with van der Waals surface area (Å²) in [4.78, 5) is 15.8. The largest absolute Gasteiger partial charge is 0.477 e. The molecule has 0 spiro atoms. The van der Waals surface area contributed by atoms with E-state index in [9.17, 15) is 9.90 Å². The first-order chi connectivity index (χ1) is 12.0. The van der Waals surface area contributed by atoms with E-state index in [-0.39, 0.29) is 4.91 Å². The summed E-state index contributed by atoms with van der Waals surface area (Å²) in [6, 6.07) is 10.7. The molecule has 3 rings (SSSR count). The minimum atomic E-state index is -1.08. The highest BCUT2D eigenvalue weighted by atomic mass is 35.5. The molecule has 0 fully saturated rings. The first-order valence-electron chi connectivity index (χ1n) is 7.45. The van der Waals surface area contributed by atoms with Crippen LogP contribution >= 0.6 is 23.4 Å². The van der Waals surface area contributed by atoms with Gasteiger partial charge in [-0.2, -0.15) is 0 Å². The Morgan fingerprint density at radius 1 is 1.40 bits per heavy atom. The smallest absolute Gasteiger partial charge is 0.342 e. The minimum Gasteiger partial charge on any atom is -0.477 e. The molecular weight excluding hydrogens is 362 g/mol. The van der Waals surface area contributed by atoms with Crippen molar-refractivity contribution in [3.8, 4) is 11.3 Å². The van der Waals surface area contributed by atoms with Gasteiger partial charge in [0.2, 0.25) is 5.16 Å². The van der Waals surface area contributed by atoms with Gasteiger partial charge in [0, 0.05) is 23.1 Å². The Kier molecular flexibility index (Phi) is 5.25. The fourth-order valence-corrected chi connectivity index (χ4v) is 2.97. The molecule has 8 heteroatoms. The number of aromatic amines is 1. The third-order valence-electron chi connectivity index (χ3n) is 3.27. The third-order valence-corrected chi connectivity index (χ3v) is 4.38. The van der Waals surface area contributed by atoms with Gasteiger partial charge in [-0.3, -0.25) is 5.10 Å². The fourth-order valence-electron chi connectivity index (χ4n) is 2.07. The van der Waals surface area contributed by atoms with Gasteiger partial charge >= 0.3 is 5.97 Å². The summed E-state index contributed by atoms with van der Waals surface area (Å²) >= 11 is 6.94. The number of carboxylic acid groups (broad SMARTS) is 1. The minimum absolute atomic E-state index is 0.0636. The monoisotopic (exact) mass is 375 g/mol. The highest BCUT2D eigenvalue weighted by molar-refractivity contribution is 8.04. The molecule has 0 aliphatic rings. The van der Waals surface area contributed by atoms with Gasteiger partial charge in [-0.15, -0.1) is 5.10 Å². The lowest BCUT2D eigenvalue weighted by molar-refractivity contribution is -0.131. The van der Waals surface area contributed by atoms with E-state index in [4.69, 9.17) is 16.0 Å². The number of furan rings is 1. The number of H-pyrrole nitrogens is 1. The van der Waals surface area contributed by atoms with E-state index in [0.717, 1.165) is 17.3 Å². The van der Waals surface area contributed by atoms with Crippen LogP contribution in [0.4, 0.5) is 0 Å².